The Morgan fingerprint density at radius 3 is 1.73 bits per heavy atom. The van der Waals surface area contributed by atoms with E-state index < -0.39 is 0 Å². The Morgan fingerprint density at radius 1 is 0.784 bits per heavy atom. The number of cyclic esters (lactones) is 2. The van der Waals surface area contributed by atoms with Gasteiger partial charge in [0.05, 0.1) is 24.0 Å². The molecule has 4 atom stereocenters. The van der Waals surface area contributed by atoms with Crippen molar-refractivity contribution in [2.24, 2.45) is 22.7 Å². The molecule has 2 aromatic carbocycles. The van der Waals surface area contributed by atoms with Gasteiger partial charge in [-0.3, -0.25) is 9.59 Å². The minimum atomic E-state index is -0.334. The van der Waals surface area contributed by atoms with Gasteiger partial charge in [0, 0.05) is 17.8 Å². The van der Waals surface area contributed by atoms with Gasteiger partial charge in [0.2, 0.25) is 0 Å². The molecule has 0 N–H and O–H groups in total. The van der Waals surface area contributed by atoms with Crippen LogP contribution >= 0.6 is 0 Å². The number of ether oxygens (including phenoxy) is 2. The average Bonchev–Trinajstić information content (AvgIpc) is 3.60. The number of hydrogen-bond acceptors (Lipinski definition) is 4. The lowest BCUT2D eigenvalue weighted by Gasteiger charge is -2.27. The summed E-state index contributed by atoms with van der Waals surface area (Å²) in [6, 6.07) is 21.2. The van der Waals surface area contributed by atoms with Crippen LogP contribution in [0.15, 0.2) is 85.0 Å². The first kappa shape index (κ1) is 25.5. The van der Waals surface area contributed by atoms with Crippen molar-refractivity contribution in [3.63, 3.8) is 0 Å². The van der Waals surface area contributed by atoms with Gasteiger partial charge < -0.3 is 9.47 Å². The highest BCUT2D eigenvalue weighted by Gasteiger charge is 2.56. The van der Waals surface area contributed by atoms with Gasteiger partial charge >= 0.3 is 11.9 Å². The summed E-state index contributed by atoms with van der Waals surface area (Å²) in [5.74, 6) is 1.05. The fourth-order valence-corrected chi connectivity index (χ4v) is 7.22. The molecule has 2 aromatic rings. The van der Waals surface area contributed by atoms with Crippen LogP contribution in [0, 0.1) is 22.7 Å². The van der Waals surface area contributed by atoms with Gasteiger partial charge in [-0.05, 0) is 56.1 Å². The van der Waals surface area contributed by atoms with Crippen LogP contribution in [0.1, 0.15) is 68.9 Å². The monoisotopic (exact) mass is 498 g/mol. The van der Waals surface area contributed by atoms with Crippen LogP contribution in [0.4, 0.5) is 0 Å². The maximum Gasteiger partial charge on any atom is 0.312 e. The molecule has 4 fully saturated rings. The molecule has 0 radical (unpaired) electrons. The maximum atomic E-state index is 12.5. The molecule has 37 heavy (non-hydrogen) atoms. The van der Waals surface area contributed by atoms with E-state index in [1.165, 1.54) is 22.3 Å². The van der Waals surface area contributed by atoms with Crippen molar-refractivity contribution in [1.82, 2.24) is 0 Å². The van der Waals surface area contributed by atoms with Crippen molar-refractivity contribution in [2.45, 2.75) is 57.8 Å². The molecular weight excluding hydrogens is 460 g/mol. The van der Waals surface area contributed by atoms with Crippen molar-refractivity contribution in [3.8, 4) is 0 Å². The van der Waals surface area contributed by atoms with Crippen LogP contribution < -0.4 is 0 Å². The zero-order chi connectivity index (χ0) is 26.0. The third-order valence-corrected chi connectivity index (χ3v) is 9.32. The van der Waals surface area contributed by atoms with Gasteiger partial charge in [0.25, 0.3) is 0 Å². The standard InChI is InChI=1S/C23H24O2.C10H14O2/c1-17-14-20-16-25-22(24)23(20,15-17)13-12-21(18-8-4-2-5-9-18)19-10-6-3-7-11-19;1-3-10-5-7(2)4-8(10)6-12-9(10)11/h2-11,20-21H,1,12-16H2;8H,2-6H2,1H3. The van der Waals surface area contributed by atoms with E-state index in [1.54, 1.807) is 0 Å². The number of carbonyl (C=O) groups excluding carboxylic acids is 2. The van der Waals surface area contributed by atoms with Crippen LogP contribution in [-0.4, -0.2) is 25.2 Å². The third-order valence-electron chi connectivity index (χ3n) is 9.32. The Balaban J connectivity index is 0.000000195. The second-order valence-corrected chi connectivity index (χ2v) is 11.4. The molecule has 2 heterocycles. The summed E-state index contributed by atoms with van der Waals surface area (Å²) < 4.78 is 10.5. The second kappa shape index (κ2) is 10.3. The quantitative estimate of drug-likeness (QED) is 0.317. The van der Waals surface area contributed by atoms with Gasteiger partial charge in [-0.25, -0.2) is 0 Å². The van der Waals surface area contributed by atoms with Gasteiger partial charge in [-0.1, -0.05) is 91.9 Å². The van der Waals surface area contributed by atoms with E-state index in [9.17, 15) is 9.59 Å². The highest BCUT2D eigenvalue weighted by molar-refractivity contribution is 5.81. The molecule has 0 aromatic heterocycles. The van der Waals surface area contributed by atoms with Crippen molar-refractivity contribution in [2.75, 3.05) is 13.2 Å². The Labute approximate surface area is 220 Å². The minimum Gasteiger partial charge on any atom is -0.465 e. The molecular formula is C33H38O4. The number of benzene rings is 2. The van der Waals surface area contributed by atoms with Crippen LogP contribution in [-0.2, 0) is 19.1 Å². The van der Waals surface area contributed by atoms with Gasteiger partial charge in [-0.2, -0.15) is 0 Å². The van der Waals surface area contributed by atoms with E-state index >= 15 is 0 Å². The lowest BCUT2D eigenvalue weighted by molar-refractivity contribution is -0.147. The lowest BCUT2D eigenvalue weighted by atomic mass is 9.73. The van der Waals surface area contributed by atoms with E-state index in [-0.39, 0.29) is 22.8 Å². The Bertz CT molecular complexity index is 1130. The number of allylic oxidation sites excluding steroid dienone is 2. The average molecular weight is 499 g/mol. The number of rotatable bonds is 6. The first-order chi connectivity index (χ1) is 17.9. The van der Waals surface area contributed by atoms with Gasteiger partial charge in [0.1, 0.15) is 0 Å². The van der Waals surface area contributed by atoms with Crippen molar-refractivity contribution in [3.05, 3.63) is 96.1 Å². The summed E-state index contributed by atoms with van der Waals surface area (Å²) in [4.78, 5) is 24.0. The van der Waals surface area contributed by atoms with E-state index in [2.05, 4.69) is 80.7 Å². The minimum absolute atomic E-state index is 0.00368. The predicted octanol–water partition coefficient (Wildman–Crippen LogP) is 7.01. The van der Waals surface area contributed by atoms with Crippen LogP contribution in [0.2, 0.25) is 0 Å². The number of hydrogen-bond donors (Lipinski definition) is 0. The normalized spacial score (nSPS) is 30.0. The molecule has 2 saturated carbocycles. The Kier molecular flexibility index (Phi) is 7.11. The molecule has 2 aliphatic heterocycles. The van der Waals surface area contributed by atoms with Crippen LogP contribution in [0.25, 0.3) is 0 Å². The SMILES string of the molecule is C=C1CC2COC(=O)C2(CC)C1.C=C1CC2COC(=O)C2(CCC(c2ccccc2)c2ccccc2)C1. The fourth-order valence-electron chi connectivity index (χ4n) is 7.22. The largest absolute Gasteiger partial charge is 0.465 e. The van der Waals surface area contributed by atoms with E-state index in [0.29, 0.717) is 31.0 Å². The summed E-state index contributed by atoms with van der Waals surface area (Å²) in [6.07, 6.45) is 6.29. The highest BCUT2D eigenvalue weighted by Crippen LogP contribution is 2.54. The summed E-state index contributed by atoms with van der Waals surface area (Å²) in [6.45, 7) is 11.4. The third kappa shape index (κ3) is 4.67. The van der Waals surface area contributed by atoms with E-state index in [4.69, 9.17) is 9.47 Å². The van der Waals surface area contributed by atoms with Gasteiger partial charge in [0.15, 0.2) is 0 Å². The lowest BCUT2D eigenvalue weighted by Crippen LogP contribution is -2.29. The molecule has 0 spiro atoms. The molecule has 4 aliphatic rings. The second-order valence-electron chi connectivity index (χ2n) is 11.4. The molecule has 0 amide bonds. The Morgan fingerprint density at radius 2 is 1.24 bits per heavy atom. The topological polar surface area (TPSA) is 52.6 Å². The zero-order valence-corrected chi connectivity index (χ0v) is 21.9. The summed E-state index contributed by atoms with van der Waals surface area (Å²) in [7, 11) is 0. The maximum absolute atomic E-state index is 12.5. The molecule has 4 heteroatoms. The van der Waals surface area contributed by atoms with Crippen molar-refractivity contribution in [1.29, 1.82) is 0 Å². The van der Waals surface area contributed by atoms with Crippen molar-refractivity contribution >= 4 is 11.9 Å². The zero-order valence-electron chi connectivity index (χ0n) is 21.9. The smallest absolute Gasteiger partial charge is 0.312 e. The number of fused-ring (bicyclic) bond motifs is 2. The fraction of sp³-hybridized carbons (Fsp3) is 0.455. The summed E-state index contributed by atoms with van der Waals surface area (Å²) in [5, 5.41) is 0. The first-order valence-corrected chi connectivity index (χ1v) is 13.7. The molecule has 2 saturated heterocycles. The predicted molar refractivity (Wildman–Crippen MR) is 145 cm³/mol. The highest BCUT2D eigenvalue weighted by atomic mass is 16.5. The summed E-state index contributed by atoms with van der Waals surface area (Å²) in [5.41, 5.74) is 4.53. The van der Waals surface area contributed by atoms with Crippen molar-refractivity contribution < 1.29 is 19.1 Å². The number of esters is 2. The molecule has 6 rings (SSSR count). The molecule has 194 valence electrons. The molecule has 0 bridgehead atoms. The van der Waals surface area contributed by atoms with Gasteiger partial charge in [-0.15, -0.1) is 0 Å². The summed E-state index contributed by atoms with van der Waals surface area (Å²) >= 11 is 0. The first-order valence-electron chi connectivity index (χ1n) is 13.7. The Hall–Kier alpha value is -3.14. The van der Waals surface area contributed by atoms with Crippen LogP contribution in [0.3, 0.4) is 0 Å². The molecule has 4 nitrogen and oxygen atoms in total. The molecule has 4 unspecified atom stereocenters. The molecule has 2 aliphatic carbocycles. The number of carbonyl (C=O) groups is 2. The van der Waals surface area contributed by atoms with E-state index in [1.807, 2.05) is 0 Å². The van der Waals surface area contributed by atoms with E-state index in [0.717, 1.165) is 44.9 Å². The van der Waals surface area contributed by atoms with Crippen LogP contribution in [0.5, 0.6) is 0 Å².